The fourth-order valence-electron chi connectivity index (χ4n) is 1.93. The van der Waals surface area contributed by atoms with Crippen LogP contribution in [0.1, 0.15) is 22.3 Å². The molecule has 0 aliphatic heterocycles. The van der Waals surface area contributed by atoms with Crippen LogP contribution in [0.15, 0.2) is 42.5 Å². The first-order valence-corrected chi connectivity index (χ1v) is 6.36. The van der Waals surface area contributed by atoms with Crippen molar-refractivity contribution in [3.63, 3.8) is 0 Å². The van der Waals surface area contributed by atoms with Crippen LogP contribution in [-0.4, -0.2) is 0 Å². The van der Waals surface area contributed by atoms with E-state index in [-0.39, 0.29) is 24.6 Å². The molecule has 2 aromatic rings. The fourth-order valence-corrected chi connectivity index (χ4v) is 1.93. The maximum atomic E-state index is 13.3. The summed E-state index contributed by atoms with van der Waals surface area (Å²) in [5.41, 5.74) is 0.460. The van der Waals surface area contributed by atoms with Gasteiger partial charge in [-0.1, -0.05) is 30.3 Å². The molecule has 0 radical (unpaired) electrons. The average molecular weight is 298 g/mol. The lowest BCUT2D eigenvalue weighted by Gasteiger charge is -2.13. The third kappa shape index (κ3) is 4.04. The first-order chi connectivity index (χ1) is 9.88. The molecule has 0 fully saturated rings. The lowest BCUT2D eigenvalue weighted by molar-refractivity contribution is -0.138. The lowest BCUT2D eigenvalue weighted by atomic mass is 10.1. The highest BCUT2D eigenvalue weighted by Crippen LogP contribution is 2.32. The van der Waals surface area contributed by atoms with Crippen LogP contribution in [0.25, 0.3) is 0 Å². The molecule has 0 bridgehead atoms. The Morgan fingerprint density at radius 2 is 1.71 bits per heavy atom. The summed E-state index contributed by atoms with van der Waals surface area (Å²) in [6, 6.07) is 9.88. The van der Waals surface area contributed by atoms with Gasteiger partial charge >= 0.3 is 6.18 Å². The van der Waals surface area contributed by atoms with Crippen molar-refractivity contribution >= 4 is 0 Å². The van der Waals surface area contributed by atoms with E-state index in [1.807, 2.05) is 0 Å². The summed E-state index contributed by atoms with van der Waals surface area (Å²) in [5.74, 6) is -0.355. The summed E-state index contributed by atoms with van der Waals surface area (Å²) in [6.07, 6.45) is -4.41. The van der Waals surface area contributed by atoms with Crippen molar-refractivity contribution in [3.05, 3.63) is 70.5 Å². The molecule has 21 heavy (non-hydrogen) atoms. The summed E-state index contributed by atoms with van der Waals surface area (Å²) in [4.78, 5) is 0. The topological polar surface area (TPSA) is 9.23 Å². The molecular formula is C16H14F4O. The van der Waals surface area contributed by atoms with Crippen LogP contribution in [0.3, 0.4) is 0 Å². The molecule has 2 rings (SSSR count). The van der Waals surface area contributed by atoms with Crippen molar-refractivity contribution in [2.45, 2.75) is 26.3 Å². The van der Waals surface area contributed by atoms with Gasteiger partial charge in [-0.25, -0.2) is 4.39 Å². The van der Waals surface area contributed by atoms with Crippen LogP contribution in [0.5, 0.6) is 0 Å². The van der Waals surface area contributed by atoms with E-state index in [0.717, 1.165) is 6.07 Å². The smallest absolute Gasteiger partial charge is 0.372 e. The normalized spacial score (nSPS) is 11.7. The van der Waals surface area contributed by atoms with E-state index < -0.39 is 11.7 Å². The number of hydrogen-bond acceptors (Lipinski definition) is 1. The van der Waals surface area contributed by atoms with Crippen LogP contribution in [0.2, 0.25) is 0 Å². The highest BCUT2D eigenvalue weighted by Gasteiger charge is 2.32. The van der Waals surface area contributed by atoms with E-state index in [4.69, 9.17) is 4.74 Å². The molecule has 112 valence electrons. The first kappa shape index (κ1) is 15.5. The van der Waals surface area contributed by atoms with E-state index in [9.17, 15) is 17.6 Å². The van der Waals surface area contributed by atoms with Crippen molar-refractivity contribution in [2.75, 3.05) is 0 Å². The second kappa shape index (κ2) is 6.26. The zero-order valence-electron chi connectivity index (χ0n) is 11.4. The second-order valence-corrected chi connectivity index (χ2v) is 4.73. The van der Waals surface area contributed by atoms with E-state index >= 15 is 0 Å². The van der Waals surface area contributed by atoms with Crippen LogP contribution in [0.4, 0.5) is 17.6 Å². The van der Waals surface area contributed by atoms with E-state index in [0.29, 0.717) is 11.1 Å². The number of halogens is 4. The van der Waals surface area contributed by atoms with E-state index in [1.165, 1.54) is 24.3 Å². The monoisotopic (exact) mass is 298 g/mol. The maximum absolute atomic E-state index is 13.3. The highest BCUT2D eigenvalue weighted by atomic mass is 19.4. The maximum Gasteiger partial charge on any atom is 0.416 e. The van der Waals surface area contributed by atoms with Crippen molar-refractivity contribution in [2.24, 2.45) is 0 Å². The van der Waals surface area contributed by atoms with Gasteiger partial charge in [0.1, 0.15) is 5.82 Å². The average Bonchev–Trinajstić information content (AvgIpc) is 2.42. The first-order valence-electron chi connectivity index (χ1n) is 6.36. The molecular weight excluding hydrogens is 284 g/mol. The van der Waals surface area contributed by atoms with E-state index in [1.54, 1.807) is 19.1 Å². The molecule has 1 nitrogen and oxygen atoms in total. The molecule has 0 N–H and O–H groups in total. The number of benzene rings is 2. The van der Waals surface area contributed by atoms with Crippen molar-refractivity contribution in [1.82, 2.24) is 0 Å². The molecule has 0 spiro atoms. The Labute approximate surface area is 120 Å². The standard InChI is InChI=1S/C16H14F4O/c1-11-6-7-12(8-15(11)17)9-21-10-13-4-2-3-5-14(13)16(18,19)20/h2-8H,9-10H2,1H3. The molecule has 0 saturated carbocycles. The third-order valence-electron chi connectivity index (χ3n) is 3.09. The van der Waals surface area contributed by atoms with Gasteiger partial charge in [0.05, 0.1) is 18.8 Å². The Bertz CT molecular complexity index is 620. The third-order valence-corrected chi connectivity index (χ3v) is 3.09. The number of alkyl halides is 3. The zero-order valence-corrected chi connectivity index (χ0v) is 11.4. The minimum Gasteiger partial charge on any atom is -0.372 e. The predicted molar refractivity (Wildman–Crippen MR) is 71.1 cm³/mol. The lowest BCUT2D eigenvalue weighted by Crippen LogP contribution is -2.09. The van der Waals surface area contributed by atoms with Gasteiger partial charge in [0.15, 0.2) is 0 Å². The number of ether oxygens (including phenoxy) is 1. The Hall–Kier alpha value is -1.88. The van der Waals surface area contributed by atoms with Gasteiger partial charge in [-0.2, -0.15) is 13.2 Å². The van der Waals surface area contributed by atoms with Gasteiger partial charge in [0.25, 0.3) is 0 Å². The molecule has 0 unspecified atom stereocenters. The number of rotatable bonds is 4. The van der Waals surface area contributed by atoms with Crippen LogP contribution in [-0.2, 0) is 24.1 Å². The van der Waals surface area contributed by atoms with Gasteiger partial charge in [0, 0.05) is 0 Å². The van der Waals surface area contributed by atoms with Crippen molar-refractivity contribution < 1.29 is 22.3 Å². The molecule has 5 heteroatoms. The predicted octanol–water partition coefficient (Wildman–Crippen LogP) is 4.87. The molecule has 0 aromatic heterocycles. The summed E-state index contributed by atoms with van der Waals surface area (Å²) in [6.45, 7) is 1.52. The zero-order chi connectivity index (χ0) is 15.5. The molecule has 0 atom stereocenters. The Kier molecular flexibility index (Phi) is 4.63. The largest absolute Gasteiger partial charge is 0.416 e. The molecule has 0 heterocycles. The highest BCUT2D eigenvalue weighted by molar-refractivity contribution is 5.29. The van der Waals surface area contributed by atoms with Gasteiger partial charge in [-0.05, 0) is 35.7 Å². The number of aryl methyl sites for hydroxylation is 1. The number of hydrogen-bond donors (Lipinski definition) is 0. The summed E-state index contributed by atoms with van der Waals surface area (Å²) in [5, 5.41) is 0. The van der Waals surface area contributed by atoms with Gasteiger partial charge < -0.3 is 4.74 Å². The molecule has 2 aromatic carbocycles. The SMILES string of the molecule is Cc1ccc(COCc2ccccc2C(F)(F)F)cc1F. The van der Waals surface area contributed by atoms with Crippen molar-refractivity contribution in [3.8, 4) is 0 Å². The molecule has 0 aliphatic rings. The van der Waals surface area contributed by atoms with Crippen LogP contribution in [0, 0.1) is 12.7 Å². The van der Waals surface area contributed by atoms with Crippen LogP contribution < -0.4 is 0 Å². The second-order valence-electron chi connectivity index (χ2n) is 4.73. The van der Waals surface area contributed by atoms with E-state index in [2.05, 4.69) is 0 Å². The van der Waals surface area contributed by atoms with Gasteiger partial charge in [0.2, 0.25) is 0 Å². The minimum absolute atomic E-state index is 0.0589. The van der Waals surface area contributed by atoms with Gasteiger partial charge in [-0.15, -0.1) is 0 Å². The summed E-state index contributed by atoms with van der Waals surface area (Å²) in [7, 11) is 0. The molecule has 0 saturated heterocycles. The van der Waals surface area contributed by atoms with Crippen molar-refractivity contribution in [1.29, 1.82) is 0 Å². The Morgan fingerprint density at radius 1 is 1.00 bits per heavy atom. The Balaban J connectivity index is 2.02. The Morgan fingerprint density at radius 3 is 2.38 bits per heavy atom. The molecule has 0 amide bonds. The minimum atomic E-state index is -4.41. The molecule has 0 aliphatic carbocycles. The summed E-state index contributed by atoms with van der Waals surface area (Å²) >= 11 is 0. The summed E-state index contributed by atoms with van der Waals surface area (Å²) < 4.78 is 57.0. The fraction of sp³-hybridized carbons (Fsp3) is 0.250. The van der Waals surface area contributed by atoms with Crippen LogP contribution >= 0.6 is 0 Å². The quantitative estimate of drug-likeness (QED) is 0.732. The van der Waals surface area contributed by atoms with Gasteiger partial charge in [-0.3, -0.25) is 0 Å².